The summed E-state index contributed by atoms with van der Waals surface area (Å²) in [5, 5.41) is 18.1. The number of aryl methyl sites for hydroxylation is 1. The fraction of sp³-hybridized carbons (Fsp3) is 0.692. The van der Waals surface area contributed by atoms with Gasteiger partial charge in [0.2, 0.25) is 5.13 Å². The molecule has 1 saturated heterocycles. The third-order valence-corrected chi connectivity index (χ3v) is 5.15. The van der Waals surface area contributed by atoms with E-state index < -0.39 is 0 Å². The van der Waals surface area contributed by atoms with Gasteiger partial charge < -0.3 is 4.90 Å². The smallest absolute Gasteiger partial charge is 0.208 e. The Kier molecular flexibility index (Phi) is 3.34. The van der Waals surface area contributed by atoms with E-state index in [-0.39, 0.29) is 0 Å². The van der Waals surface area contributed by atoms with Crippen LogP contribution >= 0.6 is 11.3 Å². The zero-order chi connectivity index (χ0) is 14.2. The Bertz CT molecular complexity index is 610. The van der Waals surface area contributed by atoms with Crippen molar-refractivity contribution in [2.45, 2.75) is 32.2 Å². The molecular formula is C13H19N7S. The average Bonchev–Trinajstić information content (AvgIpc) is 3.09. The van der Waals surface area contributed by atoms with Crippen molar-refractivity contribution < 1.29 is 0 Å². The third kappa shape index (κ3) is 2.91. The highest BCUT2D eigenvalue weighted by molar-refractivity contribution is 7.15. The number of hydrogen-bond donors (Lipinski definition) is 1. The second-order valence-electron chi connectivity index (χ2n) is 5.80. The molecule has 112 valence electrons. The standard InChI is InChI=1S/C13H19N7S/c1-9-14-11(16-15-9)8-19-4-6-20(7-5-19)13-18-17-12(21-13)10-2-3-10/h10H,2-8H2,1H3,(H,14,15,16). The van der Waals surface area contributed by atoms with Crippen molar-refractivity contribution in [3.63, 3.8) is 0 Å². The highest BCUT2D eigenvalue weighted by atomic mass is 32.1. The SMILES string of the molecule is Cc1nc(CN2CCN(c3nnc(C4CC4)s3)CC2)n[nH]1. The molecular weight excluding hydrogens is 286 g/mol. The number of anilines is 1. The molecule has 0 aromatic carbocycles. The molecule has 1 aliphatic heterocycles. The quantitative estimate of drug-likeness (QED) is 0.914. The number of rotatable bonds is 4. The van der Waals surface area contributed by atoms with Crippen molar-refractivity contribution in [1.82, 2.24) is 30.3 Å². The van der Waals surface area contributed by atoms with Crippen molar-refractivity contribution in [1.29, 1.82) is 0 Å². The van der Waals surface area contributed by atoms with Crippen LogP contribution in [0.3, 0.4) is 0 Å². The Labute approximate surface area is 127 Å². The van der Waals surface area contributed by atoms with E-state index in [1.54, 1.807) is 11.3 Å². The molecule has 7 nitrogen and oxygen atoms in total. The second kappa shape index (κ2) is 5.34. The van der Waals surface area contributed by atoms with Gasteiger partial charge >= 0.3 is 0 Å². The van der Waals surface area contributed by atoms with Gasteiger partial charge in [0.05, 0.1) is 6.54 Å². The second-order valence-corrected chi connectivity index (χ2v) is 6.78. The number of aromatic nitrogens is 5. The molecule has 2 fully saturated rings. The molecule has 2 aliphatic rings. The Hall–Kier alpha value is -1.54. The first-order chi connectivity index (χ1) is 10.3. The molecule has 0 unspecified atom stereocenters. The van der Waals surface area contributed by atoms with Crippen LogP contribution in [0.5, 0.6) is 0 Å². The zero-order valence-electron chi connectivity index (χ0n) is 12.1. The Morgan fingerprint density at radius 3 is 2.67 bits per heavy atom. The van der Waals surface area contributed by atoms with Crippen LogP contribution in [0.1, 0.15) is 35.4 Å². The van der Waals surface area contributed by atoms with E-state index in [1.807, 2.05) is 6.92 Å². The minimum Gasteiger partial charge on any atom is -0.344 e. The Morgan fingerprint density at radius 2 is 2.00 bits per heavy atom. The molecule has 0 amide bonds. The number of H-pyrrole nitrogens is 1. The predicted octanol–water partition coefficient (Wildman–Crippen LogP) is 1.16. The van der Waals surface area contributed by atoms with Crippen LogP contribution in [-0.4, -0.2) is 56.5 Å². The summed E-state index contributed by atoms with van der Waals surface area (Å²) in [6.45, 7) is 6.80. The molecule has 21 heavy (non-hydrogen) atoms. The molecule has 1 saturated carbocycles. The molecule has 0 radical (unpaired) electrons. The van der Waals surface area contributed by atoms with Crippen LogP contribution in [0.4, 0.5) is 5.13 Å². The van der Waals surface area contributed by atoms with Crippen LogP contribution in [0.15, 0.2) is 0 Å². The van der Waals surface area contributed by atoms with Crippen molar-refractivity contribution >= 4 is 16.5 Å². The van der Waals surface area contributed by atoms with E-state index in [2.05, 4.69) is 35.2 Å². The summed E-state index contributed by atoms with van der Waals surface area (Å²) >= 11 is 1.77. The van der Waals surface area contributed by atoms with E-state index in [0.717, 1.165) is 49.5 Å². The summed E-state index contributed by atoms with van der Waals surface area (Å²) in [5.41, 5.74) is 0. The van der Waals surface area contributed by atoms with Crippen molar-refractivity contribution in [3.05, 3.63) is 16.7 Å². The van der Waals surface area contributed by atoms with Crippen LogP contribution in [0.2, 0.25) is 0 Å². The monoisotopic (exact) mass is 305 g/mol. The normalized spacial score (nSPS) is 20.1. The highest BCUT2D eigenvalue weighted by Crippen LogP contribution is 2.42. The summed E-state index contributed by atoms with van der Waals surface area (Å²) < 4.78 is 0. The van der Waals surface area contributed by atoms with Gasteiger partial charge in [-0.15, -0.1) is 10.2 Å². The number of nitrogens with zero attached hydrogens (tertiary/aromatic N) is 6. The fourth-order valence-electron chi connectivity index (χ4n) is 2.61. The lowest BCUT2D eigenvalue weighted by atomic mass is 10.3. The number of piperazine rings is 1. The van der Waals surface area contributed by atoms with Crippen molar-refractivity contribution in [2.24, 2.45) is 0 Å². The van der Waals surface area contributed by atoms with E-state index in [1.165, 1.54) is 17.8 Å². The third-order valence-electron chi connectivity index (χ3n) is 4.01. The van der Waals surface area contributed by atoms with Crippen LogP contribution in [0, 0.1) is 6.92 Å². The number of nitrogens with one attached hydrogen (secondary N) is 1. The van der Waals surface area contributed by atoms with Gasteiger partial charge in [-0.05, 0) is 19.8 Å². The fourth-order valence-corrected chi connectivity index (χ4v) is 3.67. The highest BCUT2D eigenvalue weighted by Gasteiger charge is 2.29. The lowest BCUT2D eigenvalue weighted by Gasteiger charge is -2.33. The first kappa shape index (κ1) is 13.1. The minimum absolute atomic E-state index is 0.700. The van der Waals surface area contributed by atoms with Crippen LogP contribution in [0.25, 0.3) is 0 Å². The maximum absolute atomic E-state index is 4.37. The van der Waals surface area contributed by atoms with E-state index >= 15 is 0 Å². The number of aromatic amines is 1. The van der Waals surface area contributed by atoms with Gasteiger partial charge in [-0.2, -0.15) is 5.10 Å². The summed E-state index contributed by atoms with van der Waals surface area (Å²) in [6, 6.07) is 0. The molecule has 8 heteroatoms. The lowest BCUT2D eigenvalue weighted by Crippen LogP contribution is -2.46. The first-order valence-electron chi connectivity index (χ1n) is 7.46. The molecule has 1 aliphatic carbocycles. The Balaban J connectivity index is 1.33. The molecule has 3 heterocycles. The molecule has 0 bridgehead atoms. The van der Waals surface area contributed by atoms with Gasteiger partial charge in [-0.1, -0.05) is 11.3 Å². The van der Waals surface area contributed by atoms with Gasteiger partial charge in [0.25, 0.3) is 0 Å². The maximum atomic E-state index is 4.37. The molecule has 2 aromatic rings. The topological polar surface area (TPSA) is 73.8 Å². The minimum atomic E-state index is 0.700. The van der Waals surface area contributed by atoms with Gasteiger partial charge in [0.1, 0.15) is 10.8 Å². The summed E-state index contributed by atoms with van der Waals surface area (Å²) in [6.07, 6.45) is 2.58. The molecule has 4 rings (SSSR count). The molecule has 1 N–H and O–H groups in total. The lowest BCUT2D eigenvalue weighted by molar-refractivity contribution is 0.244. The van der Waals surface area contributed by atoms with Gasteiger partial charge in [-0.25, -0.2) is 4.98 Å². The zero-order valence-corrected chi connectivity index (χ0v) is 12.9. The van der Waals surface area contributed by atoms with Gasteiger partial charge in [0.15, 0.2) is 5.82 Å². The maximum Gasteiger partial charge on any atom is 0.208 e. The van der Waals surface area contributed by atoms with Crippen LogP contribution < -0.4 is 4.90 Å². The van der Waals surface area contributed by atoms with E-state index in [0.29, 0.717) is 5.92 Å². The first-order valence-corrected chi connectivity index (χ1v) is 8.28. The van der Waals surface area contributed by atoms with E-state index in [9.17, 15) is 0 Å². The Morgan fingerprint density at radius 1 is 1.19 bits per heavy atom. The average molecular weight is 305 g/mol. The van der Waals surface area contributed by atoms with Crippen LogP contribution in [-0.2, 0) is 6.54 Å². The molecule has 2 aromatic heterocycles. The van der Waals surface area contributed by atoms with Gasteiger partial charge in [0, 0.05) is 32.1 Å². The summed E-state index contributed by atoms with van der Waals surface area (Å²) in [7, 11) is 0. The summed E-state index contributed by atoms with van der Waals surface area (Å²) in [5.74, 6) is 2.46. The van der Waals surface area contributed by atoms with Crippen molar-refractivity contribution in [2.75, 3.05) is 31.1 Å². The largest absolute Gasteiger partial charge is 0.344 e. The van der Waals surface area contributed by atoms with Crippen molar-refractivity contribution in [3.8, 4) is 0 Å². The predicted molar refractivity (Wildman–Crippen MR) is 80.5 cm³/mol. The summed E-state index contributed by atoms with van der Waals surface area (Å²) in [4.78, 5) is 9.11. The molecule has 0 atom stereocenters. The van der Waals surface area contributed by atoms with E-state index in [4.69, 9.17) is 0 Å². The number of hydrogen-bond acceptors (Lipinski definition) is 7. The molecule has 0 spiro atoms. The van der Waals surface area contributed by atoms with Gasteiger partial charge in [-0.3, -0.25) is 10.00 Å².